The first-order valence-electron chi connectivity index (χ1n) is 18.9. The number of fused-ring (bicyclic) bond motifs is 3. The Labute approximate surface area is 330 Å². The maximum absolute atomic E-state index is 12.8. The Balaban J connectivity index is 1.16. The number of ether oxygens (including phenoxy) is 2. The molecule has 0 aromatic heterocycles. The average Bonchev–Trinajstić information content (AvgIpc) is 3.31. The first-order valence-corrected chi connectivity index (χ1v) is 20.6. The molecule has 2 bridgehead atoms. The van der Waals surface area contributed by atoms with Crippen molar-refractivity contribution in [2.45, 2.75) is 108 Å². The molecule has 20 heteroatoms. The molecule has 8 unspecified atom stereocenters. The predicted molar refractivity (Wildman–Crippen MR) is 195 cm³/mol. The average molecular weight is 833 g/mol. The van der Waals surface area contributed by atoms with E-state index < -0.39 is 76.0 Å². The van der Waals surface area contributed by atoms with Crippen molar-refractivity contribution in [3.05, 3.63) is 42.0 Å². The number of aliphatic carboxylic acids is 1. The molecule has 1 heterocycles. The maximum atomic E-state index is 12.8. The minimum absolute atomic E-state index is 0.0189. The number of aryl methyl sites for hydroxylation is 1. The number of phenolic OH excluding ortho intramolecular Hbond substituents is 1. The summed E-state index contributed by atoms with van der Waals surface area (Å²) in [6, 6.07) is 6.52. The van der Waals surface area contributed by atoms with Gasteiger partial charge in [-0.1, -0.05) is 25.6 Å². The van der Waals surface area contributed by atoms with E-state index in [9.17, 15) is 43.0 Å². The minimum Gasteiger partial charge on any atom is -0.508 e. The van der Waals surface area contributed by atoms with Gasteiger partial charge in [-0.3, -0.25) is 14.1 Å². The number of aliphatic hydroxyl groups excluding tert-OH is 2. The Hall–Kier alpha value is -2.44. The van der Waals surface area contributed by atoms with Gasteiger partial charge in [0.25, 0.3) is 0 Å². The molecule has 7 N–H and O–H groups in total. The van der Waals surface area contributed by atoms with Gasteiger partial charge in [-0.2, -0.15) is 13.3 Å². The van der Waals surface area contributed by atoms with Crippen LogP contribution in [0, 0.1) is 34.5 Å². The maximum Gasteiger partial charge on any atom is 0.397 e. The van der Waals surface area contributed by atoms with Crippen molar-refractivity contribution < 1.29 is 75.9 Å². The number of carbonyl (C=O) groups excluding carboxylic acids is 1. The van der Waals surface area contributed by atoms with Crippen LogP contribution in [-0.2, 0) is 59.4 Å². The third kappa shape index (κ3) is 9.22. The number of aliphatic hydroxyl groups is 2. The van der Waals surface area contributed by atoms with Gasteiger partial charge in [-0.15, -0.1) is 4.33 Å². The molecule has 56 heavy (non-hydrogen) atoms. The molecule has 1 aromatic carbocycles. The SMILES string of the molecule is C=C1C2CCC3C4(C)CC(O[C@H]5O[C@H](CNCCNC(=O)CCc6ccc(O)cc6)[C@@H](OOOOS)[C@@H](OS(=O)(=O)O)C5O)CC(C(=O)O)C4CCC3(C2)[C@H]1O. The molecule has 13 atom stereocenters. The van der Waals surface area contributed by atoms with Crippen molar-refractivity contribution >= 4 is 35.2 Å². The second-order valence-electron chi connectivity index (χ2n) is 16.0. The molecule has 5 fully saturated rings. The van der Waals surface area contributed by atoms with E-state index in [1.807, 2.05) is 0 Å². The molecule has 1 aliphatic heterocycles. The number of aromatic hydroxyl groups is 1. The molecule has 1 spiro atoms. The highest BCUT2D eigenvalue weighted by Crippen LogP contribution is 2.70. The van der Waals surface area contributed by atoms with Crippen molar-refractivity contribution in [3.63, 3.8) is 0 Å². The number of hydrogen-bond acceptors (Lipinski definition) is 16. The zero-order chi connectivity index (χ0) is 40.4. The van der Waals surface area contributed by atoms with E-state index in [-0.39, 0.29) is 61.9 Å². The summed E-state index contributed by atoms with van der Waals surface area (Å²) in [5.41, 5.74) is 0.721. The lowest BCUT2D eigenvalue weighted by atomic mass is 9.43. The van der Waals surface area contributed by atoms with Gasteiger partial charge in [0.1, 0.15) is 24.1 Å². The summed E-state index contributed by atoms with van der Waals surface area (Å²) in [4.78, 5) is 30.4. The van der Waals surface area contributed by atoms with Crippen molar-refractivity contribution in [1.29, 1.82) is 0 Å². The van der Waals surface area contributed by atoms with E-state index in [0.29, 0.717) is 25.7 Å². The first kappa shape index (κ1) is 43.1. The Morgan fingerprint density at radius 3 is 2.52 bits per heavy atom. The van der Waals surface area contributed by atoms with Crippen LogP contribution in [0.1, 0.15) is 63.9 Å². The standard InChI is InChI=1S/C36H52N2O16S2/c1-19-21-6-9-27-35(2)17-23(15-24(33(43)44)25(35)11-12-36(27,16-21)32(19)42)48-34-29(41)31(51-56(45,46)47)30(50-52-53-54-55)26(49-34)18-37-13-14-38-28(40)10-5-20-3-7-22(39)8-4-20/h3-4,7-8,21,23-27,29-32,34,37,39,41-42,55H,1,5-6,9-18H2,2H3,(H,38,40)(H,43,44)(H,45,46,47)/t21?,23?,24?,25?,26-,27?,29?,30-,31+,32+,34+,35?,36?/m1/s1. The normalized spacial score (nSPS) is 38.1. The van der Waals surface area contributed by atoms with Crippen LogP contribution in [0.25, 0.3) is 0 Å². The monoisotopic (exact) mass is 832 g/mol. The summed E-state index contributed by atoms with van der Waals surface area (Å²) in [6.07, 6.45) is -4.93. The van der Waals surface area contributed by atoms with Crippen molar-refractivity contribution in [1.82, 2.24) is 10.6 Å². The smallest absolute Gasteiger partial charge is 0.397 e. The van der Waals surface area contributed by atoms with E-state index in [2.05, 4.69) is 51.5 Å². The van der Waals surface area contributed by atoms with Crippen LogP contribution in [0.3, 0.4) is 0 Å². The summed E-state index contributed by atoms with van der Waals surface area (Å²) >= 11 is 3.37. The molecule has 314 valence electrons. The Morgan fingerprint density at radius 1 is 1.07 bits per heavy atom. The van der Waals surface area contributed by atoms with Gasteiger partial charge >= 0.3 is 16.4 Å². The summed E-state index contributed by atoms with van der Waals surface area (Å²) in [5, 5.41) is 57.4. The number of thiol groups is 1. The first-order chi connectivity index (χ1) is 26.6. The number of phenols is 1. The van der Waals surface area contributed by atoms with Gasteiger partial charge in [0.15, 0.2) is 12.4 Å². The number of hydrogen-bond donors (Lipinski definition) is 8. The van der Waals surface area contributed by atoms with E-state index >= 15 is 0 Å². The molecule has 1 saturated heterocycles. The van der Waals surface area contributed by atoms with E-state index in [0.717, 1.165) is 30.4 Å². The van der Waals surface area contributed by atoms with Gasteiger partial charge in [-0.25, -0.2) is 4.18 Å². The third-order valence-corrected chi connectivity index (χ3v) is 13.6. The fourth-order valence-electron chi connectivity index (χ4n) is 10.7. The largest absolute Gasteiger partial charge is 0.508 e. The summed E-state index contributed by atoms with van der Waals surface area (Å²) in [5.74, 6) is -1.89. The Kier molecular flexibility index (Phi) is 13.7. The number of amides is 1. The molecule has 6 rings (SSSR count). The topological polar surface area (TPSA) is 258 Å². The van der Waals surface area contributed by atoms with Gasteiger partial charge in [-0.05, 0) is 108 Å². The zero-order valence-corrected chi connectivity index (χ0v) is 32.6. The number of carbonyl (C=O) groups is 2. The minimum atomic E-state index is -5.22. The van der Waals surface area contributed by atoms with Gasteiger partial charge in [0.2, 0.25) is 5.91 Å². The van der Waals surface area contributed by atoms with Crippen LogP contribution in [0.15, 0.2) is 36.4 Å². The van der Waals surface area contributed by atoms with Gasteiger partial charge < -0.3 is 40.5 Å². The fourth-order valence-corrected chi connectivity index (χ4v) is 11.2. The molecule has 18 nitrogen and oxygen atoms in total. The van der Waals surface area contributed by atoms with Crippen LogP contribution in [0.4, 0.5) is 0 Å². The summed E-state index contributed by atoms with van der Waals surface area (Å²) < 4.78 is 55.2. The van der Waals surface area contributed by atoms with Crippen LogP contribution in [-0.4, -0.2) is 108 Å². The van der Waals surface area contributed by atoms with Gasteiger partial charge in [0, 0.05) is 44.4 Å². The van der Waals surface area contributed by atoms with Crippen molar-refractivity contribution in [2.75, 3.05) is 19.6 Å². The molecule has 1 amide bonds. The Morgan fingerprint density at radius 2 is 1.82 bits per heavy atom. The molecular weight excluding hydrogens is 781 g/mol. The number of carboxylic acid groups (broad SMARTS) is 1. The molecule has 4 aliphatic carbocycles. The lowest BCUT2D eigenvalue weighted by molar-refractivity contribution is -0.620. The molecule has 1 aromatic rings. The number of nitrogens with one attached hydrogen (secondary N) is 2. The van der Waals surface area contributed by atoms with E-state index in [1.165, 1.54) is 12.1 Å². The highest BCUT2D eigenvalue weighted by Gasteiger charge is 2.67. The predicted octanol–water partition coefficient (Wildman–Crippen LogP) is 1.96. The molecule has 5 aliphatic rings. The van der Waals surface area contributed by atoms with Crippen LogP contribution >= 0.6 is 12.9 Å². The number of carboxylic acids is 1. The van der Waals surface area contributed by atoms with Crippen molar-refractivity contribution in [3.8, 4) is 5.75 Å². The lowest BCUT2D eigenvalue weighted by Gasteiger charge is -2.62. The second-order valence-corrected chi connectivity index (χ2v) is 17.2. The zero-order valence-electron chi connectivity index (χ0n) is 30.9. The summed E-state index contributed by atoms with van der Waals surface area (Å²) in [6.45, 7) is 6.51. The summed E-state index contributed by atoms with van der Waals surface area (Å²) in [7, 11) is -5.22. The number of rotatable bonds is 17. The lowest BCUT2D eigenvalue weighted by Crippen LogP contribution is -2.64. The van der Waals surface area contributed by atoms with E-state index in [1.54, 1.807) is 12.1 Å². The highest BCUT2D eigenvalue weighted by molar-refractivity contribution is 7.80. The second kappa shape index (κ2) is 17.8. The van der Waals surface area contributed by atoms with Gasteiger partial charge in [0.05, 0.1) is 18.1 Å². The van der Waals surface area contributed by atoms with E-state index in [4.69, 9.17) is 18.5 Å². The van der Waals surface area contributed by atoms with Crippen LogP contribution < -0.4 is 10.6 Å². The quantitative estimate of drug-likeness (QED) is 0.0163. The van der Waals surface area contributed by atoms with Crippen LogP contribution in [0.2, 0.25) is 0 Å². The highest BCUT2D eigenvalue weighted by atomic mass is 32.3. The number of benzene rings is 1. The third-order valence-electron chi connectivity index (χ3n) is 13.0. The Bertz CT molecular complexity index is 1670. The van der Waals surface area contributed by atoms with Crippen molar-refractivity contribution in [2.24, 2.45) is 34.5 Å². The molecular formula is C36H52N2O16S2. The molecule has 0 radical (unpaired) electrons. The molecule has 4 saturated carbocycles. The fraction of sp³-hybridized carbons (Fsp3) is 0.722. The van der Waals surface area contributed by atoms with Crippen LogP contribution in [0.5, 0.6) is 5.75 Å².